The maximum atomic E-state index is 3.62. The molecule has 0 saturated heterocycles. The molecule has 0 fully saturated rings. The Balaban J connectivity index is 1.67. The summed E-state index contributed by atoms with van der Waals surface area (Å²) in [6.45, 7) is 4.48. The van der Waals surface area contributed by atoms with Crippen LogP contribution in [0, 0.1) is 0 Å². The third-order valence-electron chi connectivity index (χ3n) is 3.97. The second-order valence-corrected chi connectivity index (χ2v) is 5.80. The van der Waals surface area contributed by atoms with Crippen LogP contribution < -0.4 is 5.32 Å². The van der Waals surface area contributed by atoms with Crippen LogP contribution in [0.5, 0.6) is 0 Å². The fourth-order valence-electron chi connectivity index (χ4n) is 2.82. The first kappa shape index (κ1) is 12.3. The van der Waals surface area contributed by atoms with Crippen molar-refractivity contribution < 1.29 is 0 Å². The van der Waals surface area contributed by atoms with Gasteiger partial charge in [-0.3, -0.25) is 0 Å². The monoisotopic (exact) mass is 251 g/mol. The molecule has 0 radical (unpaired) electrons. The molecule has 1 heteroatoms. The van der Waals surface area contributed by atoms with E-state index in [4.69, 9.17) is 0 Å². The average Bonchev–Trinajstić information content (AvgIpc) is 2.81. The van der Waals surface area contributed by atoms with Gasteiger partial charge in [-0.05, 0) is 41.5 Å². The molecule has 3 rings (SSSR count). The van der Waals surface area contributed by atoms with Gasteiger partial charge in [-0.25, -0.2) is 0 Å². The minimum absolute atomic E-state index is 0.544. The molecule has 0 aliphatic carbocycles. The molecule has 19 heavy (non-hydrogen) atoms. The largest absolute Gasteiger partial charge is 0.381 e. The topological polar surface area (TPSA) is 12.0 Å². The number of benzene rings is 2. The van der Waals surface area contributed by atoms with E-state index in [0.29, 0.717) is 12.0 Å². The van der Waals surface area contributed by atoms with Crippen molar-refractivity contribution in [3.63, 3.8) is 0 Å². The van der Waals surface area contributed by atoms with E-state index in [1.807, 2.05) is 0 Å². The summed E-state index contributed by atoms with van der Waals surface area (Å²) in [5.74, 6) is 0.614. The van der Waals surface area contributed by atoms with Crippen LogP contribution in [0.15, 0.2) is 48.5 Å². The minimum Gasteiger partial charge on any atom is -0.381 e. The summed E-state index contributed by atoms with van der Waals surface area (Å²) >= 11 is 0. The smallest absolute Gasteiger partial charge is 0.0375 e. The summed E-state index contributed by atoms with van der Waals surface area (Å²) in [4.78, 5) is 0. The van der Waals surface area contributed by atoms with E-state index in [9.17, 15) is 0 Å². The first-order valence-electron chi connectivity index (χ1n) is 7.15. The highest BCUT2D eigenvalue weighted by atomic mass is 14.9. The van der Waals surface area contributed by atoms with Crippen molar-refractivity contribution in [3.8, 4) is 0 Å². The van der Waals surface area contributed by atoms with Crippen LogP contribution in [0.3, 0.4) is 0 Å². The second kappa shape index (κ2) is 5.08. The molecule has 2 aromatic rings. The summed E-state index contributed by atoms with van der Waals surface area (Å²) in [6.07, 6.45) is 2.25. The zero-order valence-electron chi connectivity index (χ0n) is 11.7. The molecule has 1 atom stereocenters. The van der Waals surface area contributed by atoms with Crippen molar-refractivity contribution in [1.29, 1.82) is 0 Å². The number of anilines is 1. The Morgan fingerprint density at radius 3 is 2.47 bits per heavy atom. The number of hydrogen-bond acceptors (Lipinski definition) is 1. The highest BCUT2D eigenvalue weighted by Gasteiger charge is 2.19. The molecule has 0 spiro atoms. The molecule has 1 heterocycles. The van der Waals surface area contributed by atoms with E-state index in [2.05, 4.69) is 67.7 Å². The van der Waals surface area contributed by atoms with Crippen molar-refractivity contribution in [2.24, 2.45) is 0 Å². The van der Waals surface area contributed by atoms with Crippen molar-refractivity contribution in [2.75, 3.05) is 5.32 Å². The molecular formula is C18H21N. The van der Waals surface area contributed by atoms with Crippen molar-refractivity contribution in [3.05, 3.63) is 65.2 Å². The summed E-state index contributed by atoms with van der Waals surface area (Å²) in [5.41, 5.74) is 5.61. The molecule has 1 N–H and O–H groups in total. The van der Waals surface area contributed by atoms with Gasteiger partial charge in [0.2, 0.25) is 0 Å². The normalized spacial score (nSPS) is 17.3. The maximum absolute atomic E-state index is 3.62. The fraction of sp³-hybridized carbons (Fsp3) is 0.333. The van der Waals surface area contributed by atoms with Gasteiger partial charge in [0.1, 0.15) is 0 Å². The number of fused-ring (bicyclic) bond motifs is 1. The van der Waals surface area contributed by atoms with Gasteiger partial charge in [-0.2, -0.15) is 0 Å². The van der Waals surface area contributed by atoms with Crippen LogP contribution >= 0.6 is 0 Å². The molecular weight excluding hydrogens is 230 g/mol. The van der Waals surface area contributed by atoms with Crippen LogP contribution in [-0.4, -0.2) is 6.04 Å². The Morgan fingerprint density at radius 1 is 1.05 bits per heavy atom. The van der Waals surface area contributed by atoms with E-state index in [1.54, 1.807) is 0 Å². The number of nitrogens with one attached hydrogen (secondary N) is 1. The Labute approximate surface area is 115 Å². The van der Waals surface area contributed by atoms with Gasteiger partial charge in [-0.1, -0.05) is 56.3 Å². The SMILES string of the molecule is CC(C)c1ccc(CC2Cc3ccccc3N2)cc1. The number of rotatable bonds is 3. The lowest BCUT2D eigenvalue weighted by atomic mass is 9.98. The molecule has 1 aliphatic heterocycles. The lowest BCUT2D eigenvalue weighted by molar-refractivity contribution is 0.745. The minimum atomic E-state index is 0.544. The predicted molar refractivity (Wildman–Crippen MR) is 81.8 cm³/mol. The molecule has 0 aromatic heterocycles. The maximum Gasteiger partial charge on any atom is 0.0375 e. The fourth-order valence-corrected chi connectivity index (χ4v) is 2.82. The zero-order valence-corrected chi connectivity index (χ0v) is 11.7. The number of hydrogen-bond donors (Lipinski definition) is 1. The highest BCUT2D eigenvalue weighted by Crippen LogP contribution is 2.27. The molecule has 0 bridgehead atoms. The van der Waals surface area contributed by atoms with Gasteiger partial charge in [0.25, 0.3) is 0 Å². The van der Waals surface area contributed by atoms with Crippen LogP contribution in [0.1, 0.15) is 36.5 Å². The molecule has 2 aromatic carbocycles. The van der Waals surface area contributed by atoms with Gasteiger partial charge < -0.3 is 5.32 Å². The summed E-state index contributed by atoms with van der Waals surface area (Å²) in [7, 11) is 0. The van der Waals surface area contributed by atoms with Gasteiger partial charge >= 0.3 is 0 Å². The molecule has 1 aliphatic rings. The van der Waals surface area contributed by atoms with Crippen LogP contribution in [0.25, 0.3) is 0 Å². The van der Waals surface area contributed by atoms with Crippen molar-refractivity contribution in [2.45, 2.75) is 38.6 Å². The summed E-state index contributed by atoms with van der Waals surface area (Å²) in [6, 6.07) is 18.3. The summed E-state index contributed by atoms with van der Waals surface area (Å²) < 4.78 is 0. The van der Waals surface area contributed by atoms with E-state index in [1.165, 1.54) is 22.4 Å². The van der Waals surface area contributed by atoms with Crippen LogP contribution in [0.4, 0.5) is 5.69 Å². The van der Waals surface area contributed by atoms with Crippen molar-refractivity contribution in [1.82, 2.24) is 0 Å². The molecule has 1 nitrogen and oxygen atoms in total. The second-order valence-electron chi connectivity index (χ2n) is 5.80. The first-order valence-corrected chi connectivity index (χ1v) is 7.15. The van der Waals surface area contributed by atoms with E-state index >= 15 is 0 Å². The quantitative estimate of drug-likeness (QED) is 0.853. The lowest BCUT2D eigenvalue weighted by Crippen LogP contribution is -2.18. The number of para-hydroxylation sites is 1. The van der Waals surface area contributed by atoms with Gasteiger partial charge in [0.05, 0.1) is 0 Å². The van der Waals surface area contributed by atoms with Crippen molar-refractivity contribution >= 4 is 5.69 Å². The van der Waals surface area contributed by atoms with E-state index in [-0.39, 0.29) is 0 Å². The van der Waals surface area contributed by atoms with Gasteiger partial charge in [0, 0.05) is 11.7 Å². The lowest BCUT2D eigenvalue weighted by Gasteiger charge is -2.12. The van der Waals surface area contributed by atoms with E-state index in [0.717, 1.165) is 12.8 Å². The standard InChI is InChI=1S/C18H21N/c1-13(2)15-9-7-14(8-10-15)11-17-12-16-5-3-4-6-18(16)19-17/h3-10,13,17,19H,11-12H2,1-2H3. The average molecular weight is 251 g/mol. The van der Waals surface area contributed by atoms with E-state index < -0.39 is 0 Å². The Hall–Kier alpha value is -1.76. The highest BCUT2D eigenvalue weighted by molar-refractivity contribution is 5.56. The molecule has 0 amide bonds. The molecule has 1 unspecified atom stereocenters. The molecule has 98 valence electrons. The molecule has 0 saturated carbocycles. The first-order chi connectivity index (χ1) is 9.22. The van der Waals surface area contributed by atoms with Crippen LogP contribution in [-0.2, 0) is 12.8 Å². The van der Waals surface area contributed by atoms with Gasteiger partial charge in [0.15, 0.2) is 0 Å². The summed E-state index contributed by atoms with van der Waals surface area (Å²) in [5, 5.41) is 3.62. The Morgan fingerprint density at radius 2 is 1.79 bits per heavy atom. The van der Waals surface area contributed by atoms with Gasteiger partial charge in [-0.15, -0.1) is 0 Å². The zero-order chi connectivity index (χ0) is 13.2. The Bertz CT molecular complexity index is 529. The van der Waals surface area contributed by atoms with Crippen LogP contribution in [0.2, 0.25) is 0 Å². The third-order valence-corrected chi connectivity index (χ3v) is 3.97. The predicted octanol–water partition coefficient (Wildman–Crippen LogP) is 4.39. The third kappa shape index (κ3) is 2.65. The Kier molecular flexibility index (Phi) is 3.29.